The number of hydrogen-bond donors (Lipinski definition) is 1. The number of hydrogen-bond acceptors (Lipinski definition) is 3. The maximum atomic E-state index is 5.54. The Balaban J connectivity index is 2.54. The van der Waals surface area contributed by atoms with E-state index in [9.17, 15) is 0 Å². The molecule has 0 amide bonds. The molecule has 0 spiro atoms. The standard InChI is InChI=1S/C16H22BrN3O/c1-5-8-20-16(13(17)10-19-20)15(18-3)12-9-11(2)6-7-14(12)21-4/h6-7,9-10,15,18H,5,8H2,1-4H3. The Morgan fingerprint density at radius 3 is 2.81 bits per heavy atom. The van der Waals surface area contributed by atoms with Gasteiger partial charge in [0.15, 0.2) is 0 Å². The summed E-state index contributed by atoms with van der Waals surface area (Å²) in [5, 5.41) is 7.86. The van der Waals surface area contributed by atoms with Crippen LogP contribution in [0.3, 0.4) is 0 Å². The van der Waals surface area contributed by atoms with E-state index in [-0.39, 0.29) is 6.04 Å². The molecule has 114 valence electrons. The highest BCUT2D eigenvalue weighted by Crippen LogP contribution is 2.34. The monoisotopic (exact) mass is 351 g/mol. The molecule has 0 saturated heterocycles. The van der Waals surface area contributed by atoms with Crippen molar-refractivity contribution in [1.82, 2.24) is 15.1 Å². The van der Waals surface area contributed by atoms with Gasteiger partial charge < -0.3 is 10.1 Å². The Morgan fingerprint density at radius 1 is 1.43 bits per heavy atom. The predicted molar refractivity (Wildman–Crippen MR) is 88.9 cm³/mol. The summed E-state index contributed by atoms with van der Waals surface area (Å²) in [7, 11) is 3.67. The van der Waals surface area contributed by atoms with Crippen molar-refractivity contribution < 1.29 is 4.74 Å². The molecule has 4 nitrogen and oxygen atoms in total. The third kappa shape index (κ3) is 3.30. The van der Waals surface area contributed by atoms with Gasteiger partial charge >= 0.3 is 0 Å². The van der Waals surface area contributed by atoms with Crippen LogP contribution in [0.25, 0.3) is 0 Å². The number of benzene rings is 1. The van der Waals surface area contributed by atoms with Crippen molar-refractivity contribution in [2.75, 3.05) is 14.2 Å². The first-order valence-electron chi connectivity index (χ1n) is 7.15. The first-order valence-corrected chi connectivity index (χ1v) is 7.94. The fourth-order valence-corrected chi connectivity index (χ4v) is 3.09. The second kappa shape index (κ2) is 7.09. The number of halogens is 1. The summed E-state index contributed by atoms with van der Waals surface area (Å²) in [4.78, 5) is 0. The lowest BCUT2D eigenvalue weighted by molar-refractivity contribution is 0.403. The van der Waals surface area contributed by atoms with Gasteiger partial charge in [-0.1, -0.05) is 24.6 Å². The average Bonchev–Trinajstić information content (AvgIpc) is 2.82. The lowest BCUT2D eigenvalue weighted by Gasteiger charge is -2.22. The molecule has 1 N–H and O–H groups in total. The molecule has 1 atom stereocenters. The van der Waals surface area contributed by atoms with Crippen molar-refractivity contribution in [3.05, 3.63) is 45.7 Å². The van der Waals surface area contributed by atoms with Crippen molar-refractivity contribution in [1.29, 1.82) is 0 Å². The van der Waals surface area contributed by atoms with Gasteiger partial charge in [-0.2, -0.15) is 5.10 Å². The van der Waals surface area contributed by atoms with Gasteiger partial charge in [-0.25, -0.2) is 0 Å². The summed E-state index contributed by atoms with van der Waals surface area (Å²) >= 11 is 3.63. The van der Waals surface area contributed by atoms with Crippen LogP contribution in [0.4, 0.5) is 0 Å². The maximum absolute atomic E-state index is 5.54. The zero-order chi connectivity index (χ0) is 15.4. The van der Waals surface area contributed by atoms with E-state index in [1.807, 2.05) is 24.0 Å². The molecule has 1 unspecified atom stereocenters. The fraction of sp³-hybridized carbons (Fsp3) is 0.438. The normalized spacial score (nSPS) is 12.4. The molecule has 0 radical (unpaired) electrons. The first-order chi connectivity index (χ1) is 10.1. The van der Waals surface area contributed by atoms with Crippen LogP contribution in [-0.4, -0.2) is 23.9 Å². The second-order valence-corrected chi connectivity index (χ2v) is 5.92. The van der Waals surface area contributed by atoms with E-state index in [0.29, 0.717) is 0 Å². The third-order valence-corrected chi connectivity index (χ3v) is 4.14. The molecule has 0 bridgehead atoms. The third-order valence-electron chi connectivity index (χ3n) is 3.53. The van der Waals surface area contributed by atoms with Crippen LogP contribution in [0.15, 0.2) is 28.9 Å². The van der Waals surface area contributed by atoms with E-state index in [0.717, 1.165) is 34.4 Å². The van der Waals surface area contributed by atoms with E-state index < -0.39 is 0 Å². The van der Waals surface area contributed by atoms with E-state index in [1.165, 1.54) is 5.56 Å². The van der Waals surface area contributed by atoms with E-state index in [2.05, 4.69) is 52.3 Å². The maximum Gasteiger partial charge on any atom is 0.124 e. The van der Waals surface area contributed by atoms with Gasteiger partial charge in [0.2, 0.25) is 0 Å². The number of ether oxygens (including phenoxy) is 1. The van der Waals surface area contributed by atoms with Crippen molar-refractivity contribution in [3.8, 4) is 5.75 Å². The van der Waals surface area contributed by atoms with Gasteiger partial charge in [-0.15, -0.1) is 0 Å². The molecule has 2 rings (SSSR count). The molecule has 0 saturated carbocycles. The van der Waals surface area contributed by atoms with Gasteiger partial charge in [-0.3, -0.25) is 4.68 Å². The Morgan fingerprint density at radius 2 is 2.19 bits per heavy atom. The molecule has 21 heavy (non-hydrogen) atoms. The number of nitrogens with zero attached hydrogens (tertiary/aromatic N) is 2. The van der Waals surface area contributed by atoms with E-state index >= 15 is 0 Å². The molecule has 0 aliphatic carbocycles. The summed E-state index contributed by atoms with van der Waals surface area (Å²) in [5.74, 6) is 0.885. The molecular weight excluding hydrogens is 330 g/mol. The quantitative estimate of drug-likeness (QED) is 0.862. The number of aryl methyl sites for hydroxylation is 2. The summed E-state index contributed by atoms with van der Waals surface area (Å²) in [6.45, 7) is 5.14. The Bertz CT molecular complexity index is 610. The molecule has 1 heterocycles. The summed E-state index contributed by atoms with van der Waals surface area (Å²) in [6, 6.07) is 6.27. The summed E-state index contributed by atoms with van der Waals surface area (Å²) in [5.41, 5.74) is 3.46. The minimum absolute atomic E-state index is 0.0308. The van der Waals surface area contributed by atoms with Crippen LogP contribution >= 0.6 is 15.9 Å². The molecule has 1 aromatic heterocycles. The molecule has 0 aliphatic rings. The van der Waals surface area contributed by atoms with E-state index in [4.69, 9.17) is 4.74 Å². The largest absolute Gasteiger partial charge is 0.496 e. The van der Waals surface area contributed by atoms with Crippen LogP contribution in [0.2, 0.25) is 0 Å². The molecule has 1 aromatic carbocycles. The van der Waals surface area contributed by atoms with Crippen LogP contribution < -0.4 is 10.1 Å². The highest BCUT2D eigenvalue weighted by atomic mass is 79.9. The predicted octanol–water partition coefficient (Wildman–Crippen LogP) is 3.68. The second-order valence-electron chi connectivity index (χ2n) is 5.07. The van der Waals surface area contributed by atoms with Crippen molar-refractivity contribution in [2.45, 2.75) is 32.9 Å². The Hall–Kier alpha value is -1.33. The van der Waals surface area contributed by atoms with Gasteiger partial charge in [0.05, 0.1) is 29.5 Å². The average molecular weight is 352 g/mol. The van der Waals surface area contributed by atoms with Gasteiger partial charge in [0.25, 0.3) is 0 Å². The lowest BCUT2D eigenvalue weighted by Crippen LogP contribution is -2.23. The highest BCUT2D eigenvalue weighted by molar-refractivity contribution is 9.10. The topological polar surface area (TPSA) is 39.1 Å². The molecule has 0 aliphatic heterocycles. The SMILES string of the molecule is CCCn1ncc(Br)c1C(NC)c1cc(C)ccc1OC. The van der Waals surface area contributed by atoms with E-state index in [1.54, 1.807) is 7.11 Å². The van der Waals surface area contributed by atoms with Crippen molar-refractivity contribution in [2.24, 2.45) is 0 Å². The Kier molecular flexibility index (Phi) is 5.42. The molecule has 5 heteroatoms. The molecule has 0 fully saturated rings. The van der Waals surface area contributed by atoms with Gasteiger partial charge in [-0.05, 0) is 42.4 Å². The van der Waals surface area contributed by atoms with Crippen molar-refractivity contribution >= 4 is 15.9 Å². The first kappa shape index (κ1) is 16.0. The number of rotatable bonds is 6. The summed E-state index contributed by atoms with van der Waals surface area (Å²) in [6.07, 6.45) is 2.90. The number of aromatic nitrogens is 2. The smallest absolute Gasteiger partial charge is 0.124 e. The lowest BCUT2D eigenvalue weighted by atomic mass is 10.0. The molecule has 2 aromatic rings. The van der Waals surface area contributed by atoms with Crippen LogP contribution in [0.5, 0.6) is 5.75 Å². The zero-order valence-corrected chi connectivity index (χ0v) is 14.6. The number of methoxy groups -OCH3 is 1. The fourth-order valence-electron chi connectivity index (χ4n) is 2.57. The van der Waals surface area contributed by atoms with Gasteiger partial charge in [0, 0.05) is 12.1 Å². The van der Waals surface area contributed by atoms with Crippen molar-refractivity contribution in [3.63, 3.8) is 0 Å². The minimum atomic E-state index is 0.0308. The van der Waals surface area contributed by atoms with Gasteiger partial charge in [0.1, 0.15) is 5.75 Å². The highest BCUT2D eigenvalue weighted by Gasteiger charge is 2.23. The number of nitrogens with one attached hydrogen (secondary N) is 1. The zero-order valence-electron chi connectivity index (χ0n) is 13.0. The Labute approximate surface area is 134 Å². The molecular formula is C16H22BrN3O. The summed E-state index contributed by atoms with van der Waals surface area (Å²) < 4.78 is 8.60. The minimum Gasteiger partial charge on any atom is -0.496 e. The van der Waals surface area contributed by atoms with Crippen LogP contribution in [0, 0.1) is 6.92 Å². The van der Waals surface area contributed by atoms with Crippen LogP contribution in [0.1, 0.15) is 36.2 Å². The van der Waals surface area contributed by atoms with Crippen LogP contribution in [-0.2, 0) is 6.54 Å².